The second-order valence-corrected chi connectivity index (χ2v) is 6.71. The van der Waals surface area contributed by atoms with E-state index in [0.29, 0.717) is 27.3 Å². The number of hydrogen-bond acceptors (Lipinski definition) is 4. The lowest BCUT2D eigenvalue weighted by Crippen LogP contribution is -1.92. The zero-order valence-corrected chi connectivity index (χ0v) is 14.4. The Hall–Kier alpha value is -1.69. The van der Waals surface area contributed by atoms with Gasteiger partial charge in [-0.15, -0.1) is 0 Å². The molecule has 1 N–H and O–H groups in total. The third kappa shape index (κ3) is 3.80. The topological polar surface area (TPSA) is 58.9 Å². The number of ketones is 1. The van der Waals surface area contributed by atoms with E-state index in [9.17, 15) is 4.79 Å². The molecule has 23 heavy (non-hydrogen) atoms. The number of rotatable bonds is 5. The highest BCUT2D eigenvalue weighted by atomic mass is 35.5. The van der Waals surface area contributed by atoms with Crippen LogP contribution in [-0.2, 0) is 4.79 Å². The molecule has 0 atom stereocenters. The van der Waals surface area contributed by atoms with Gasteiger partial charge in [0, 0.05) is 11.6 Å². The highest BCUT2D eigenvalue weighted by Gasteiger charge is 2.11. The average molecular weight is 367 g/mol. The van der Waals surface area contributed by atoms with Gasteiger partial charge in [0.15, 0.2) is 5.76 Å². The number of furan rings is 1. The van der Waals surface area contributed by atoms with E-state index in [0.717, 1.165) is 16.3 Å². The summed E-state index contributed by atoms with van der Waals surface area (Å²) in [6.07, 6.45) is 0. The van der Waals surface area contributed by atoms with E-state index in [-0.39, 0.29) is 5.78 Å². The van der Waals surface area contributed by atoms with Crippen molar-refractivity contribution in [2.45, 2.75) is 11.9 Å². The van der Waals surface area contributed by atoms with E-state index < -0.39 is 0 Å². The van der Waals surface area contributed by atoms with Crippen LogP contribution < -0.4 is 0 Å². The number of thioether (sulfide) groups is 1. The minimum atomic E-state index is 0.111. The summed E-state index contributed by atoms with van der Waals surface area (Å²) in [4.78, 5) is 11.0. The maximum atomic E-state index is 11.0. The lowest BCUT2D eigenvalue weighted by Gasteiger charge is -1.99. The van der Waals surface area contributed by atoms with E-state index in [2.05, 4.69) is 10.2 Å². The Morgan fingerprint density at radius 3 is 2.70 bits per heavy atom. The number of carbonyl (C=O) groups is 1. The number of Topliss-reactive ketones (excluding diaryl/α,β-unsaturated/α-hetero) is 1. The van der Waals surface area contributed by atoms with Gasteiger partial charge in [0.1, 0.15) is 22.3 Å². The molecule has 3 rings (SSSR count). The van der Waals surface area contributed by atoms with Crippen molar-refractivity contribution in [3.63, 3.8) is 0 Å². The number of nitrogens with zero attached hydrogens (tertiary/aromatic N) is 1. The molecule has 0 aliphatic heterocycles. The highest BCUT2D eigenvalue weighted by molar-refractivity contribution is 7.99. The first kappa shape index (κ1) is 16.2. The predicted molar refractivity (Wildman–Crippen MR) is 93.2 cm³/mol. The number of benzene rings is 1. The molecule has 118 valence electrons. The van der Waals surface area contributed by atoms with Gasteiger partial charge in [0.2, 0.25) is 0 Å². The van der Waals surface area contributed by atoms with Crippen LogP contribution in [-0.4, -0.2) is 21.7 Å². The summed E-state index contributed by atoms with van der Waals surface area (Å²) < 4.78 is 5.84. The third-order valence-corrected chi connectivity index (χ3v) is 4.85. The molecule has 3 aromatic rings. The molecule has 0 aliphatic carbocycles. The van der Waals surface area contributed by atoms with Crippen LogP contribution in [0.1, 0.15) is 6.92 Å². The maximum Gasteiger partial charge on any atom is 0.152 e. The normalized spacial score (nSPS) is 10.9. The molecule has 0 unspecified atom stereocenters. The second kappa shape index (κ2) is 6.83. The van der Waals surface area contributed by atoms with Crippen LogP contribution in [0.25, 0.3) is 22.8 Å². The molecule has 0 fully saturated rings. The van der Waals surface area contributed by atoms with E-state index in [4.69, 9.17) is 27.6 Å². The Kier molecular flexibility index (Phi) is 4.80. The fraction of sp³-hybridized carbons (Fsp3) is 0.125. The summed E-state index contributed by atoms with van der Waals surface area (Å²) in [5.41, 5.74) is 1.60. The van der Waals surface area contributed by atoms with Crippen LogP contribution in [0, 0.1) is 0 Å². The first-order valence-corrected chi connectivity index (χ1v) is 8.50. The number of H-pyrrole nitrogens is 1. The Balaban J connectivity index is 1.81. The van der Waals surface area contributed by atoms with Gasteiger partial charge < -0.3 is 4.42 Å². The predicted octanol–water partition coefficient (Wildman–Crippen LogP) is 5.32. The van der Waals surface area contributed by atoms with Gasteiger partial charge in [0.05, 0.1) is 15.8 Å². The third-order valence-electron chi connectivity index (χ3n) is 3.05. The van der Waals surface area contributed by atoms with Crippen molar-refractivity contribution in [1.29, 1.82) is 0 Å². The molecule has 0 spiro atoms. The number of hydrogen-bond donors (Lipinski definition) is 1. The number of aromatic nitrogens is 2. The number of aromatic amines is 1. The molecule has 2 aromatic heterocycles. The highest BCUT2D eigenvalue weighted by Crippen LogP contribution is 2.32. The van der Waals surface area contributed by atoms with Crippen molar-refractivity contribution in [2.75, 3.05) is 5.75 Å². The number of nitrogens with one attached hydrogen (secondary N) is 1. The fourth-order valence-corrected chi connectivity index (χ4v) is 2.93. The second-order valence-electron chi connectivity index (χ2n) is 4.90. The summed E-state index contributed by atoms with van der Waals surface area (Å²) in [7, 11) is 0. The van der Waals surface area contributed by atoms with E-state index in [1.165, 1.54) is 11.8 Å². The Bertz CT molecular complexity index is 857. The Morgan fingerprint density at radius 1 is 1.17 bits per heavy atom. The lowest BCUT2D eigenvalue weighted by atomic mass is 10.2. The first-order valence-electron chi connectivity index (χ1n) is 6.76. The van der Waals surface area contributed by atoms with Crippen molar-refractivity contribution < 1.29 is 9.21 Å². The minimum absolute atomic E-state index is 0.111. The van der Waals surface area contributed by atoms with Crippen LogP contribution in [0.5, 0.6) is 0 Å². The van der Waals surface area contributed by atoms with Gasteiger partial charge in [-0.3, -0.25) is 9.89 Å². The Morgan fingerprint density at radius 2 is 1.96 bits per heavy atom. The largest absolute Gasteiger partial charge is 0.454 e. The summed E-state index contributed by atoms with van der Waals surface area (Å²) in [5.74, 6) is 1.86. The Labute approximate surface area is 147 Å². The lowest BCUT2D eigenvalue weighted by molar-refractivity contribution is -0.114. The van der Waals surface area contributed by atoms with Crippen LogP contribution >= 0.6 is 35.0 Å². The van der Waals surface area contributed by atoms with E-state index in [1.54, 1.807) is 19.1 Å². The summed E-state index contributed by atoms with van der Waals surface area (Å²) in [6, 6.07) is 10.9. The van der Waals surface area contributed by atoms with Gasteiger partial charge in [0.25, 0.3) is 0 Å². The maximum absolute atomic E-state index is 11.0. The number of halogens is 2. The van der Waals surface area contributed by atoms with Crippen molar-refractivity contribution in [1.82, 2.24) is 10.2 Å². The average Bonchev–Trinajstić information content (AvgIpc) is 3.16. The number of carbonyl (C=O) groups excluding carboxylic acids is 1. The fourth-order valence-electron chi connectivity index (χ4n) is 1.97. The molecule has 0 saturated heterocycles. The SMILES string of the molecule is CC(=O)CSc1cc(-c2ccc(-c3ccc(Cl)c(Cl)c3)o2)[nH]n1. The van der Waals surface area contributed by atoms with Crippen LogP contribution in [0.4, 0.5) is 0 Å². The summed E-state index contributed by atoms with van der Waals surface area (Å²) in [5, 5.41) is 8.80. The van der Waals surface area contributed by atoms with Crippen molar-refractivity contribution in [2.24, 2.45) is 0 Å². The van der Waals surface area contributed by atoms with Crippen molar-refractivity contribution >= 4 is 40.7 Å². The van der Waals surface area contributed by atoms with Crippen molar-refractivity contribution in [3.8, 4) is 22.8 Å². The monoisotopic (exact) mass is 366 g/mol. The van der Waals surface area contributed by atoms with Gasteiger partial charge in [-0.25, -0.2) is 0 Å². The quantitative estimate of drug-likeness (QED) is 0.620. The molecule has 0 bridgehead atoms. The minimum Gasteiger partial charge on any atom is -0.454 e. The van der Waals surface area contributed by atoms with Gasteiger partial charge in [-0.2, -0.15) is 5.10 Å². The summed E-state index contributed by atoms with van der Waals surface area (Å²) >= 11 is 13.3. The van der Waals surface area contributed by atoms with Gasteiger partial charge >= 0.3 is 0 Å². The van der Waals surface area contributed by atoms with Gasteiger partial charge in [-0.1, -0.05) is 35.0 Å². The molecule has 1 aromatic carbocycles. The molecular weight excluding hydrogens is 355 g/mol. The molecule has 0 saturated carbocycles. The zero-order chi connectivity index (χ0) is 16.4. The van der Waals surface area contributed by atoms with Crippen LogP contribution in [0.15, 0.2) is 45.8 Å². The molecule has 0 amide bonds. The smallest absolute Gasteiger partial charge is 0.152 e. The van der Waals surface area contributed by atoms with Crippen LogP contribution in [0.2, 0.25) is 10.0 Å². The zero-order valence-electron chi connectivity index (χ0n) is 12.1. The van der Waals surface area contributed by atoms with Gasteiger partial charge in [-0.05, 0) is 37.3 Å². The molecule has 7 heteroatoms. The first-order chi connectivity index (χ1) is 11.0. The summed E-state index contributed by atoms with van der Waals surface area (Å²) in [6.45, 7) is 1.55. The standard InChI is InChI=1S/C16H12Cl2N2O2S/c1-9(21)8-23-16-7-13(19-20-16)15-5-4-14(22-15)10-2-3-11(17)12(18)6-10/h2-7H,8H2,1H3,(H,19,20). The molecule has 0 aliphatic rings. The molecule has 2 heterocycles. The van der Waals surface area contributed by atoms with Crippen molar-refractivity contribution in [3.05, 3.63) is 46.4 Å². The molecular formula is C16H12Cl2N2O2S. The van der Waals surface area contributed by atoms with E-state index >= 15 is 0 Å². The van der Waals surface area contributed by atoms with Crippen LogP contribution in [0.3, 0.4) is 0 Å². The van der Waals surface area contributed by atoms with E-state index in [1.807, 2.05) is 24.3 Å². The molecule has 0 radical (unpaired) electrons. The molecule has 4 nitrogen and oxygen atoms in total.